The molecular weight excluding hydrogens is 376 g/mol. The van der Waals surface area contributed by atoms with Crippen LogP contribution in [-0.4, -0.2) is 45.9 Å². The molecule has 1 aromatic heterocycles. The van der Waals surface area contributed by atoms with Crippen LogP contribution < -0.4 is 5.32 Å². The van der Waals surface area contributed by atoms with Gasteiger partial charge in [-0.2, -0.15) is 0 Å². The third-order valence-electron chi connectivity index (χ3n) is 5.82. The molecule has 30 heavy (non-hydrogen) atoms. The second-order valence-electron chi connectivity index (χ2n) is 8.00. The Morgan fingerprint density at radius 2 is 1.77 bits per heavy atom. The van der Waals surface area contributed by atoms with Gasteiger partial charge in [-0.1, -0.05) is 24.6 Å². The Bertz CT molecular complexity index is 1050. The van der Waals surface area contributed by atoms with Crippen LogP contribution in [0.3, 0.4) is 0 Å². The fourth-order valence-corrected chi connectivity index (χ4v) is 4.03. The number of aryl methyl sites for hydroxylation is 1. The Morgan fingerprint density at radius 3 is 2.47 bits per heavy atom. The number of amides is 2. The van der Waals surface area contributed by atoms with E-state index in [1.807, 2.05) is 67.5 Å². The molecule has 2 heterocycles. The number of nitrogens with zero attached hydrogens (tertiary/aromatic N) is 3. The molecule has 2 amide bonds. The number of imidazole rings is 1. The van der Waals surface area contributed by atoms with Crippen molar-refractivity contribution in [1.29, 1.82) is 0 Å². The number of hydrogen-bond donors (Lipinski definition) is 1. The summed E-state index contributed by atoms with van der Waals surface area (Å²) >= 11 is 0. The lowest BCUT2D eigenvalue weighted by Crippen LogP contribution is -2.39. The highest BCUT2D eigenvalue weighted by molar-refractivity contribution is 5.97. The molecule has 6 nitrogen and oxygen atoms in total. The van der Waals surface area contributed by atoms with Crippen LogP contribution >= 0.6 is 0 Å². The third kappa shape index (κ3) is 4.08. The highest BCUT2D eigenvalue weighted by Crippen LogP contribution is 2.28. The van der Waals surface area contributed by atoms with Crippen LogP contribution in [0.5, 0.6) is 0 Å². The number of aromatic nitrogens is 2. The topological polar surface area (TPSA) is 67.2 Å². The Kier molecular flexibility index (Phi) is 5.84. The number of carbonyl (C=O) groups is 2. The lowest BCUT2D eigenvalue weighted by atomic mass is 10.0. The summed E-state index contributed by atoms with van der Waals surface area (Å²) in [5.41, 5.74) is 4.41. The molecule has 0 radical (unpaired) electrons. The monoisotopic (exact) mass is 404 g/mol. The summed E-state index contributed by atoms with van der Waals surface area (Å²) in [6.45, 7) is 6.19. The van der Waals surface area contributed by atoms with Crippen molar-refractivity contribution in [1.82, 2.24) is 19.8 Å². The Hall–Kier alpha value is -3.15. The quantitative estimate of drug-likeness (QED) is 0.700. The summed E-state index contributed by atoms with van der Waals surface area (Å²) in [6.07, 6.45) is 4.55. The molecule has 2 aromatic carbocycles. The number of hydrogen-bond acceptors (Lipinski definition) is 3. The minimum atomic E-state index is -0.0590. The van der Waals surface area contributed by atoms with Crippen molar-refractivity contribution >= 4 is 22.8 Å². The average molecular weight is 405 g/mol. The van der Waals surface area contributed by atoms with E-state index in [0.717, 1.165) is 54.5 Å². The predicted octanol–water partition coefficient (Wildman–Crippen LogP) is 3.96. The molecule has 156 valence electrons. The van der Waals surface area contributed by atoms with Crippen LogP contribution in [0.2, 0.25) is 0 Å². The molecule has 0 bridgehead atoms. The molecule has 1 N–H and O–H groups in total. The lowest BCUT2D eigenvalue weighted by molar-refractivity contribution is 0.0695. The number of nitrogens with one attached hydrogen (secondary N) is 1. The molecule has 1 aliphatic rings. The molecule has 6 heteroatoms. The van der Waals surface area contributed by atoms with Gasteiger partial charge >= 0.3 is 0 Å². The fourth-order valence-electron chi connectivity index (χ4n) is 4.03. The molecular formula is C24H28N4O2. The SMILES string of the molecule is CCCNC(=O)c1ccc2c(c1)ncn2C1CCN(C(=O)c2ccc(C)cc2)CC1. The molecule has 0 saturated carbocycles. The first-order valence-corrected chi connectivity index (χ1v) is 10.7. The van der Waals surface area contributed by atoms with E-state index in [9.17, 15) is 9.59 Å². The highest BCUT2D eigenvalue weighted by Gasteiger charge is 2.25. The third-order valence-corrected chi connectivity index (χ3v) is 5.82. The van der Waals surface area contributed by atoms with Gasteiger partial charge in [0.2, 0.25) is 0 Å². The lowest BCUT2D eigenvalue weighted by Gasteiger charge is -2.33. The number of likely N-dealkylation sites (tertiary alicyclic amines) is 1. The molecule has 1 fully saturated rings. The van der Waals surface area contributed by atoms with Crippen LogP contribution in [0, 0.1) is 6.92 Å². The number of benzene rings is 2. The van der Waals surface area contributed by atoms with Gasteiger partial charge in [0.15, 0.2) is 0 Å². The molecule has 0 aliphatic carbocycles. The van der Waals surface area contributed by atoms with E-state index in [-0.39, 0.29) is 11.8 Å². The number of fused-ring (bicyclic) bond motifs is 1. The van der Waals surface area contributed by atoms with Crippen LogP contribution in [0.15, 0.2) is 48.8 Å². The summed E-state index contributed by atoms with van der Waals surface area (Å²) in [7, 11) is 0. The number of carbonyl (C=O) groups excluding carboxylic acids is 2. The van der Waals surface area contributed by atoms with E-state index in [1.165, 1.54) is 0 Å². The van der Waals surface area contributed by atoms with E-state index in [4.69, 9.17) is 0 Å². The van der Waals surface area contributed by atoms with Crippen molar-refractivity contribution in [3.8, 4) is 0 Å². The van der Waals surface area contributed by atoms with Gasteiger partial charge in [-0.15, -0.1) is 0 Å². The van der Waals surface area contributed by atoms with Crippen LogP contribution in [0.1, 0.15) is 58.5 Å². The largest absolute Gasteiger partial charge is 0.352 e. The molecule has 0 atom stereocenters. The highest BCUT2D eigenvalue weighted by atomic mass is 16.2. The second kappa shape index (κ2) is 8.69. The molecule has 0 unspecified atom stereocenters. The number of piperidine rings is 1. The standard InChI is InChI=1S/C24H28N4O2/c1-3-12-25-23(29)19-8-9-22-21(15-19)26-16-28(22)20-10-13-27(14-11-20)24(30)18-6-4-17(2)5-7-18/h4-9,15-16,20H,3,10-14H2,1-2H3,(H,25,29). The first-order chi connectivity index (χ1) is 14.6. The van der Waals surface area contributed by atoms with Crippen molar-refractivity contribution in [3.05, 3.63) is 65.5 Å². The summed E-state index contributed by atoms with van der Waals surface area (Å²) in [6, 6.07) is 13.8. The Morgan fingerprint density at radius 1 is 1.07 bits per heavy atom. The van der Waals surface area contributed by atoms with Crippen LogP contribution in [0.25, 0.3) is 11.0 Å². The van der Waals surface area contributed by atoms with Crippen molar-refractivity contribution in [2.75, 3.05) is 19.6 Å². The average Bonchev–Trinajstić information content (AvgIpc) is 3.21. The van der Waals surface area contributed by atoms with E-state index in [2.05, 4.69) is 14.9 Å². The summed E-state index contributed by atoms with van der Waals surface area (Å²) in [5, 5.41) is 2.90. The van der Waals surface area contributed by atoms with Gasteiger partial charge in [-0.05, 0) is 56.5 Å². The Labute approximate surface area is 176 Å². The first kappa shape index (κ1) is 20.1. The van der Waals surface area contributed by atoms with E-state index in [1.54, 1.807) is 0 Å². The first-order valence-electron chi connectivity index (χ1n) is 10.7. The Balaban J connectivity index is 1.43. The minimum Gasteiger partial charge on any atom is -0.352 e. The fraction of sp³-hybridized carbons (Fsp3) is 0.375. The van der Waals surface area contributed by atoms with Gasteiger partial charge in [-0.25, -0.2) is 4.98 Å². The van der Waals surface area contributed by atoms with Crippen molar-refractivity contribution in [2.24, 2.45) is 0 Å². The van der Waals surface area contributed by atoms with Gasteiger partial charge in [0.05, 0.1) is 17.4 Å². The molecule has 3 aromatic rings. The van der Waals surface area contributed by atoms with Gasteiger partial charge in [-0.3, -0.25) is 9.59 Å². The second-order valence-corrected chi connectivity index (χ2v) is 8.00. The van der Waals surface area contributed by atoms with Crippen molar-refractivity contribution in [2.45, 2.75) is 39.2 Å². The summed E-state index contributed by atoms with van der Waals surface area (Å²) in [5.74, 6) is 0.0444. The van der Waals surface area contributed by atoms with Crippen molar-refractivity contribution in [3.63, 3.8) is 0 Å². The van der Waals surface area contributed by atoms with Crippen molar-refractivity contribution < 1.29 is 9.59 Å². The summed E-state index contributed by atoms with van der Waals surface area (Å²) in [4.78, 5) is 31.4. The molecule has 4 rings (SSSR count). The van der Waals surface area contributed by atoms with Gasteiger partial charge in [0, 0.05) is 36.8 Å². The van der Waals surface area contributed by atoms with Crippen LogP contribution in [-0.2, 0) is 0 Å². The van der Waals surface area contributed by atoms with E-state index >= 15 is 0 Å². The van der Waals surface area contributed by atoms with Gasteiger partial charge in [0.25, 0.3) is 11.8 Å². The van der Waals surface area contributed by atoms with E-state index in [0.29, 0.717) is 18.2 Å². The maximum atomic E-state index is 12.8. The summed E-state index contributed by atoms with van der Waals surface area (Å²) < 4.78 is 2.19. The van der Waals surface area contributed by atoms with E-state index < -0.39 is 0 Å². The molecule has 1 aliphatic heterocycles. The van der Waals surface area contributed by atoms with Crippen LogP contribution in [0.4, 0.5) is 0 Å². The number of rotatable bonds is 5. The predicted molar refractivity (Wildman–Crippen MR) is 118 cm³/mol. The zero-order valence-electron chi connectivity index (χ0n) is 17.6. The van der Waals surface area contributed by atoms with Gasteiger partial charge in [0.1, 0.15) is 0 Å². The molecule has 1 saturated heterocycles. The van der Waals surface area contributed by atoms with Gasteiger partial charge < -0.3 is 14.8 Å². The maximum absolute atomic E-state index is 12.8. The normalized spacial score (nSPS) is 14.8. The zero-order valence-corrected chi connectivity index (χ0v) is 17.6. The minimum absolute atomic E-state index is 0.0590. The smallest absolute Gasteiger partial charge is 0.253 e. The maximum Gasteiger partial charge on any atom is 0.253 e. The molecule has 0 spiro atoms. The zero-order chi connectivity index (χ0) is 21.1.